The molecule has 1 aromatic heterocycles. The van der Waals surface area contributed by atoms with Crippen molar-refractivity contribution in [3.63, 3.8) is 0 Å². The van der Waals surface area contributed by atoms with Gasteiger partial charge < -0.3 is 14.7 Å². The van der Waals surface area contributed by atoms with Crippen molar-refractivity contribution in [2.45, 2.75) is 39.7 Å². The molecule has 2 aromatic rings. The monoisotopic (exact) mass is 315 g/mol. The molecular formula is C18H25N3O2. The summed E-state index contributed by atoms with van der Waals surface area (Å²) in [5, 5.41) is 6.95. The van der Waals surface area contributed by atoms with Gasteiger partial charge in [0.2, 0.25) is 5.91 Å². The van der Waals surface area contributed by atoms with Crippen LogP contribution in [0.5, 0.6) is 0 Å². The van der Waals surface area contributed by atoms with E-state index in [9.17, 15) is 4.79 Å². The normalized spacial score (nSPS) is 13.4. The number of carbonyl (C=O) groups is 1. The smallest absolute Gasteiger partial charge is 0.227 e. The molecule has 0 aliphatic heterocycles. The second kappa shape index (κ2) is 7.31. The van der Waals surface area contributed by atoms with Gasteiger partial charge in [0.15, 0.2) is 0 Å². The Kier molecular flexibility index (Phi) is 5.42. The minimum Gasteiger partial charge on any atom is -0.370 e. The summed E-state index contributed by atoms with van der Waals surface area (Å²) in [7, 11) is 2.03. The quantitative estimate of drug-likeness (QED) is 0.890. The van der Waals surface area contributed by atoms with Crippen LogP contribution in [0.3, 0.4) is 0 Å². The highest BCUT2D eigenvalue weighted by molar-refractivity contribution is 5.83. The highest BCUT2D eigenvalue weighted by Crippen LogP contribution is 2.23. The van der Waals surface area contributed by atoms with E-state index in [1.165, 1.54) is 0 Å². The molecule has 5 nitrogen and oxygen atoms in total. The zero-order valence-electron chi connectivity index (χ0n) is 14.5. The van der Waals surface area contributed by atoms with Crippen LogP contribution in [-0.2, 0) is 4.79 Å². The second-order valence-electron chi connectivity index (χ2n) is 6.00. The van der Waals surface area contributed by atoms with Gasteiger partial charge in [0.1, 0.15) is 5.76 Å². The van der Waals surface area contributed by atoms with Gasteiger partial charge in [-0.2, -0.15) is 0 Å². The van der Waals surface area contributed by atoms with E-state index in [1.807, 2.05) is 46.0 Å². The van der Waals surface area contributed by atoms with Crippen molar-refractivity contribution in [2.24, 2.45) is 0 Å². The molecule has 0 unspecified atom stereocenters. The Bertz CT molecular complexity index is 632. The van der Waals surface area contributed by atoms with Crippen molar-refractivity contribution in [1.29, 1.82) is 0 Å². The summed E-state index contributed by atoms with van der Waals surface area (Å²) in [6, 6.07) is 10.3. The molecule has 0 saturated heterocycles. The standard InChI is InChI=1S/C18H25N3O2/c1-12(21(5)16-9-7-6-8-10-16)11-19-18(22)13(2)17-14(3)20-23-15(17)4/h6-10,12-13H,11H2,1-5H3,(H,19,22)/t12-,13-/m1/s1. The van der Waals surface area contributed by atoms with E-state index >= 15 is 0 Å². The van der Waals surface area contributed by atoms with Gasteiger partial charge in [-0.25, -0.2) is 0 Å². The first-order valence-electron chi connectivity index (χ1n) is 7.90. The van der Waals surface area contributed by atoms with Gasteiger partial charge in [-0.3, -0.25) is 4.79 Å². The number of para-hydroxylation sites is 1. The molecule has 0 spiro atoms. The lowest BCUT2D eigenvalue weighted by Gasteiger charge is -2.27. The van der Waals surface area contributed by atoms with Crippen LogP contribution in [0.1, 0.15) is 36.8 Å². The summed E-state index contributed by atoms with van der Waals surface area (Å²) in [6.07, 6.45) is 0. The molecule has 124 valence electrons. The zero-order valence-corrected chi connectivity index (χ0v) is 14.5. The number of benzene rings is 1. The molecule has 0 aliphatic carbocycles. The predicted octanol–water partition coefficient (Wildman–Crippen LogP) is 3.04. The third-order valence-corrected chi connectivity index (χ3v) is 4.31. The van der Waals surface area contributed by atoms with E-state index in [4.69, 9.17) is 4.52 Å². The van der Waals surface area contributed by atoms with Crippen LogP contribution in [0.4, 0.5) is 5.69 Å². The van der Waals surface area contributed by atoms with Gasteiger partial charge in [0, 0.05) is 30.9 Å². The molecule has 5 heteroatoms. The Morgan fingerprint density at radius 1 is 1.26 bits per heavy atom. The van der Waals surface area contributed by atoms with Crippen molar-refractivity contribution in [2.75, 3.05) is 18.5 Å². The Hall–Kier alpha value is -2.30. The average molecular weight is 315 g/mol. The van der Waals surface area contributed by atoms with Gasteiger partial charge in [0.25, 0.3) is 0 Å². The topological polar surface area (TPSA) is 58.4 Å². The molecule has 1 aromatic carbocycles. The third kappa shape index (κ3) is 3.92. The zero-order chi connectivity index (χ0) is 17.0. The van der Waals surface area contributed by atoms with Crippen LogP contribution in [0.2, 0.25) is 0 Å². The first-order chi connectivity index (χ1) is 10.9. The maximum absolute atomic E-state index is 12.4. The van der Waals surface area contributed by atoms with Crippen LogP contribution in [-0.4, -0.2) is 30.7 Å². The molecule has 0 bridgehead atoms. The van der Waals surface area contributed by atoms with Crippen LogP contribution in [0, 0.1) is 13.8 Å². The van der Waals surface area contributed by atoms with Gasteiger partial charge in [-0.05, 0) is 39.8 Å². The molecule has 0 radical (unpaired) electrons. The van der Waals surface area contributed by atoms with Gasteiger partial charge in [-0.1, -0.05) is 23.4 Å². The third-order valence-electron chi connectivity index (χ3n) is 4.31. The van der Waals surface area contributed by atoms with Crippen LogP contribution in [0.15, 0.2) is 34.9 Å². The molecule has 2 rings (SSSR count). The van der Waals surface area contributed by atoms with Gasteiger partial charge in [-0.15, -0.1) is 0 Å². The van der Waals surface area contributed by atoms with Gasteiger partial charge >= 0.3 is 0 Å². The van der Waals surface area contributed by atoms with E-state index < -0.39 is 0 Å². The fraction of sp³-hybridized carbons (Fsp3) is 0.444. The highest BCUT2D eigenvalue weighted by atomic mass is 16.5. The van der Waals surface area contributed by atoms with E-state index in [2.05, 4.69) is 34.4 Å². The number of amides is 1. The lowest BCUT2D eigenvalue weighted by Crippen LogP contribution is -2.41. The van der Waals surface area contributed by atoms with Crippen molar-refractivity contribution in [3.8, 4) is 0 Å². The minimum absolute atomic E-state index is 0.00675. The van der Waals surface area contributed by atoms with E-state index in [0.717, 1.165) is 16.9 Å². The average Bonchev–Trinajstić information content (AvgIpc) is 2.90. The Labute approximate surface area is 137 Å². The first kappa shape index (κ1) is 17.1. The molecule has 0 saturated carbocycles. The number of aryl methyl sites for hydroxylation is 2. The van der Waals surface area contributed by atoms with Crippen molar-refractivity contribution < 1.29 is 9.32 Å². The SMILES string of the molecule is Cc1noc(C)c1[C@@H](C)C(=O)NC[C@@H](C)N(C)c1ccccc1. The second-order valence-corrected chi connectivity index (χ2v) is 6.00. The van der Waals surface area contributed by atoms with Crippen LogP contribution >= 0.6 is 0 Å². The number of nitrogens with zero attached hydrogens (tertiary/aromatic N) is 2. The van der Waals surface area contributed by atoms with Crippen LogP contribution < -0.4 is 10.2 Å². The van der Waals surface area contributed by atoms with Gasteiger partial charge in [0.05, 0.1) is 11.6 Å². The number of anilines is 1. The van der Waals surface area contributed by atoms with Crippen molar-refractivity contribution in [3.05, 3.63) is 47.3 Å². The van der Waals surface area contributed by atoms with Crippen molar-refractivity contribution >= 4 is 11.6 Å². The number of carbonyl (C=O) groups excluding carboxylic acids is 1. The molecule has 23 heavy (non-hydrogen) atoms. The molecule has 1 amide bonds. The molecule has 2 atom stereocenters. The number of hydrogen-bond acceptors (Lipinski definition) is 4. The predicted molar refractivity (Wildman–Crippen MR) is 91.7 cm³/mol. The summed E-state index contributed by atoms with van der Waals surface area (Å²) in [4.78, 5) is 14.6. The number of hydrogen-bond donors (Lipinski definition) is 1. The summed E-state index contributed by atoms with van der Waals surface area (Å²) in [5.74, 6) is 0.433. The fourth-order valence-electron chi connectivity index (χ4n) is 2.70. The van der Waals surface area contributed by atoms with E-state index in [-0.39, 0.29) is 17.9 Å². The molecule has 0 fully saturated rings. The lowest BCUT2D eigenvalue weighted by molar-refractivity contribution is -0.122. The first-order valence-corrected chi connectivity index (χ1v) is 7.90. The Balaban J connectivity index is 1.93. The molecular weight excluding hydrogens is 290 g/mol. The number of rotatable bonds is 6. The Morgan fingerprint density at radius 3 is 2.48 bits per heavy atom. The fourth-order valence-corrected chi connectivity index (χ4v) is 2.70. The minimum atomic E-state index is -0.268. The molecule has 1 N–H and O–H groups in total. The maximum atomic E-state index is 12.4. The molecule has 1 heterocycles. The Morgan fingerprint density at radius 2 is 1.91 bits per heavy atom. The summed E-state index contributed by atoms with van der Waals surface area (Å²) in [5.41, 5.74) is 2.79. The molecule has 0 aliphatic rings. The largest absolute Gasteiger partial charge is 0.370 e. The summed E-state index contributed by atoms with van der Waals surface area (Å²) < 4.78 is 5.15. The number of likely N-dealkylation sites (N-methyl/N-ethyl adjacent to an activating group) is 1. The van der Waals surface area contributed by atoms with E-state index in [0.29, 0.717) is 12.3 Å². The summed E-state index contributed by atoms with van der Waals surface area (Å²) >= 11 is 0. The highest BCUT2D eigenvalue weighted by Gasteiger charge is 2.23. The van der Waals surface area contributed by atoms with Crippen molar-refractivity contribution in [1.82, 2.24) is 10.5 Å². The summed E-state index contributed by atoms with van der Waals surface area (Å²) in [6.45, 7) is 8.26. The van der Waals surface area contributed by atoms with E-state index in [1.54, 1.807) is 0 Å². The number of aromatic nitrogens is 1. The maximum Gasteiger partial charge on any atom is 0.227 e. The van der Waals surface area contributed by atoms with Crippen LogP contribution in [0.25, 0.3) is 0 Å². The number of nitrogens with one attached hydrogen (secondary N) is 1. The lowest BCUT2D eigenvalue weighted by atomic mass is 9.98.